The lowest BCUT2D eigenvalue weighted by atomic mass is 10.1. The van der Waals surface area contributed by atoms with E-state index in [1.54, 1.807) is 0 Å². The maximum Gasteiger partial charge on any atom is 0.226 e. The molecule has 0 aromatic heterocycles. The number of hydrogen-bond donors (Lipinski definition) is 2. The number of nitrogens with one attached hydrogen (secondary N) is 2. The van der Waals surface area contributed by atoms with Crippen LogP contribution in [0, 0.1) is 27.7 Å². The molecule has 2 N–H and O–H groups in total. The summed E-state index contributed by atoms with van der Waals surface area (Å²) >= 11 is 0. The van der Waals surface area contributed by atoms with Gasteiger partial charge in [0.25, 0.3) is 0 Å². The van der Waals surface area contributed by atoms with E-state index in [-0.39, 0.29) is 5.91 Å². The van der Waals surface area contributed by atoms with E-state index in [0.29, 0.717) is 13.0 Å². The molecule has 0 radical (unpaired) electrons. The predicted octanol–water partition coefficient (Wildman–Crippen LogP) is 4.36. The highest BCUT2D eigenvalue weighted by Gasteiger charge is 2.06. The molecule has 3 nitrogen and oxygen atoms in total. The van der Waals surface area contributed by atoms with Crippen LogP contribution < -0.4 is 10.6 Å². The van der Waals surface area contributed by atoms with Crippen LogP contribution in [0.3, 0.4) is 0 Å². The number of anilines is 2. The Morgan fingerprint density at radius 2 is 1.73 bits per heavy atom. The molecule has 0 atom stereocenters. The van der Waals surface area contributed by atoms with Crippen molar-refractivity contribution in [2.45, 2.75) is 34.1 Å². The second kappa shape index (κ2) is 7.12. The number of aryl methyl sites for hydroxylation is 3. The van der Waals surface area contributed by atoms with Crippen molar-refractivity contribution in [3.05, 3.63) is 58.7 Å². The van der Waals surface area contributed by atoms with Crippen LogP contribution in [0.5, 0.6) is 0 Å². The van der Waals surface area contributed by atoms with Crippen LogP contribution in [-0.4, -0.2) is 12.5 Å². The molecule has 0 unspecified atom stereocenters. The van der Waals surface area contributed by atoms with E-state index in [9.17, 15) is 4.79 Å². The molecule has 116 valence electrons. The van der Waals surface area contributed by atoms with Gasteiger partial charge in [-0.05, 0) is 56.5 Å². The van der Waals surface area contributed by atoms with Crippen LogP contribution in [0.4, 0.5) is 11.4 Å². The number of carbonyl (C=O) groups excluding carboxylic acids is 1. The average Bonchev–Trinajstić information content (AvgIpc) is 2.46. The number of amides is 1. The van der Waals surface area contributed by atoms with Gasteiger partial charge in [-0.15, -0.1) is 0 Å². The molecule has 1 amide bonds. The van der Waals surface area contributed by atoms with Gasteiger partial charge in [-0.25, -0.2) is 0 Å². The zero-order chi connectivity index (χ0) is 16.1. The monoisotopic (exact) mass is 296 g/mol. The summed E-state index contributed by atoms with van der Waals surface area (Å²) in [5.41, 5.74) is 6.75. The van der Waals surface area contributed by atoms with Crippen molar-refractivity contribution in [1.82, 2.24) is 0 Å². The number of hydrogen-bond acceptors (Lipinski definition) is 2. The first-order valence-corrected chi connectivity index (χ1v) is 7.64. The normalized spacial score (nSPS) is 10.4. The van der Waals surface area contributed by atoms with Crippen molar-refractivity contribution in [3.8, 4) is 0 Å². The number of rotatable bonds is 5. The van der Waals surface area contributed by atoms with Crippen LogP contribution in [0.1, 0.15) is 28.7 Å². The molecule has 2 aromatic rings. The number of benzene rings is 2. The van der Waals surface area contributed by atoms with E-state index in [1.807, 2.05) is 32.0 Å². The van der Waals surface area contributed by atoms with Crippen LogP contribution >= 0.6 is 0 Å². The van der Waals surface area contributed by atoms with E-state index in [2.05, 4.69) is 42.7 Å². The summed E-state index contributed by atoms with van der Waals surface area (Å²) in [4.78, 5) is 12.1. The molecule has 2 rings (SSSR count). The van der Waals surface area contributed by atoms with Gasteiger partial charge in [0.15, 0.2) is 0 Å². The lowest BCUT2D eigenvalue weighted by Gasteiger charge is -2.12. The third-order valence-corrected chi connectivity index (χ3v) is 3.93. The van der Waals surface area contributed by atoms with Gasteiger partial charge in [-0.2, -0.15) is 0 Å². The Bertz CT molecular complexity index is 677. The Kier molecular flexibility index (Phi) is 5.21. The third-order valence-electron chi connectivity index (χ3n) is 3.93. The molecule has 0 saturated carbocycles. The molecule has 22 heavy (non-hydrogen) atoms. The van der Waals surface area contributed by atoms with Gasteiger partial charge >= 0.3 is 0 Å². The fourth-order valence-corrected chi connectivity index (χ4v) is 2.42. The largest absolute Gasteiger partial charge is 0.384 e. The summed E-state index contributed by atoms with van der Waals surface area (Å²) in [6, 6.07) is 12.2. The Labute approximate surface area is 132 Å². The van der Waals surface area contributed by atoms with Crippen molar-refractivity contribution in [2.75, 3.05) is 17.2 Å². The van der Waals surface area contributed by atoms with Crippen LogP contribution in [0.15, 0.2) is 36.4 Å². The van der Waals surface area contributed by atoms with Crippen molar-refractivity contribution in [2.24, 2.45) is 0 Å². The number of carbonyl (C=O) groups is 1. The van der Waals surface area contributed by atoms with Crippen molar-refractivity contribution >= 4 is 17.3 Å². The van der Waals surface area contributed by atoms with Crippen molar-refractivity contribution < 1.29 is 4.79 Å². The van der Waals surface area contributed by atoms with Gasteiger partial charge in [-0.3, -0.25) is 4.79 Å². The van der Waals surface area contributed by atoms with Gasteiger partial charge < -0.3 is 10.6 Å². The Balaban J connectivity index is 1.87. The molecule has 0 fully saturated rings. The Morgan fingerprint density at radius 3 is 2.45 bits per heavy atom. The topological polar surface area (TPSA) is 41.1 Å². The molecule has 0 bridgehead atoms. The second-order valence-electron chi connectivity index (χ2n) is 5.79. The van der Waals surface area contributed by atoms with Crippen molar-refractivity contribution in [3.63, 3.8) is 0 Å². The van der Waals surface area contributed by atoms with E-state index >= 15 is 0 Å². The molecule has 0 aliphatic carbocycles. The third kappa shape index (κ3) is 4.10. The highest BCUT2D eigenvalue weighted by atomic mass is 16.1. The minimum atomic E-state index is 0.0333. The maximum absolute atomic E-state index is 12.1. The van der Waals surface area contributed by atoms with E-state index in [0.717, 1.165) is 16.9 Å². The quantitative estimate of drug-likeness (QED) is 0.860. The zero-order valence-electron chi connectivity index (χ0n) is 13.8. The fourth-order valence-electron chi connectivity index (χ4n) is 2.42. The lowest BCUT2D eigenvalue weighted by Crippen LogP contribution is -2.17. The van der Waals surface area contributed by atoms with Gasteiger partial charge in [0.1, 0.15) is 0 Å². The van der Waals surface area contributed by atoms with E-state index in [1.165, 1.54) is 16.7 Å². The summed E-state index contributed by atoms with van der Waals surface area (Å²) in [6.45, 7) is 8.85. The van der Waals surface area contributed by atoms with Gasteiger partial charge in [0.05, 0.1) is 0 Å². The highest BCUT2D eigenvalue weighted by Crippen LogP contribution is 2.18. The summed E-state index contributed by atoms with van der Waals surface area (Å²) < 4.78 is 0. The lowest BCUT2D eigenvalue weighted by molar-refractivity contribution is -0.115. The molecule has 0 spiro atoms. The first-order chi connectivity index (χ1) is 10.5. The second-order valence-corrected chi connectivity index (χ2v) is 5.79. The summed E-state index contributed by atoms with van der Waals surface area (Å²) in [5.74, 6) is 0.0333. The predicted molar refractivity (Wildman–Crippen MR) is 93.6 cm³/mol. The minimum absolute atomic E-state index is 0.0333. The fraction of sp³-hybridized carbons (Fsp3) is 0.316. The smallest absolute Gasteiger partial charge is 0.226 e. The van der Waals surface area contributed by atoms with Gasteiger partial charge in [0.2, 0.25) is 5.91 Å². The average molecular weight is 296 g/mol. The van der Waals surface area contributed by atoms with Crippen LogP contribution in [-0.2, 0) is 4.79 Å². The Morgan fingerprint density at radius 1 is 0.955 bits per heavy atom. The van der Waals surface area contributed by atoms with Crippen LogP contribution in [0.2, 0.25) is 0 Å². The molecule has 0 heterocycles. The van der Waals surface area contributed by atoms with Crippen LogP contribution in [0.25, 0.3) is 0 Å². The molecule has 0 aliphatic heterocycles. The van der Waals surface area contributed by atoms with E-state index < -0.39 is 0 Å². The maximum atomic E-state index is 12.1. The molecular formula is C19H24N2O. The zero-order valence-corrected chi connectivity index (χ0v) is 13.8. The summed E-state index contributed by atoms with van der Waals surface area (Å²) in [7, 11) is 0. The highest BCUT2D eigenvalue weighted by molar-refractivity contribution is 5.91. The van der Waals surface area contributed by atoms with Crippen molar-refractivity contribution in [1.29, 1.82) is 0 Å². The molecule has 2 aromatic carbocycles. The first kappa shape index (κ1) is 16.1. The molecule has 0 saturated heterocycles. The molecular weight excluding hydrogens is 272 g/mol. The summed E-state index contributed by atoms with van der Waals surface area (Å²) in [6.07, 6.45) is 0.445. The SMILES string of the molecule is Cc1ccc(NCCC(=O)Nc2cccc(C)c2C)c(C)c1. The van der Waals surface area contributed by atoms with Gasteiger partial charge in [0, 0.05) is 24.3 Å². The Hall–Kier alpha value is -2.29. The summed E-state index contributed by atoms with van der Waals surface area (Å²) in [5, 5.41) is 6.30. The first-order valence-electron chi connectivity index (χ1n) is 7.64. The minimum Gasteiger partial charge on any atom is -0.384 e. The van der Waals surface area contributed by atoms with E-state index in [4.69, 9.17) is 0 Å². The van der Waals surface area contributed by atoms with Gasteiger partial charge in [-0.1, -0.05) is 29.8 Å². The standard InChI is InChI=1S/C19H24N2O/c1-13-8-9-17(15(3)12-13)20-11-10-19(22)21-18-7-5-6-14(2)16(18)4/h5-9,12,20H,10-11H2,1-4H3,(H,21,22). The molecule has 3 heteroatoms. The molecule has 0 aliphatic rings.